The van der Waals surface area contributed by atoms with Gasteiger partial charge in [-0.2, -0.15) is 13.2 Å². The number of benzene rings is 1. The summed E-state index contributed by atoms with van der Waals surface area (Å²) in [5.41, 5.74) is 0.664. The molecule has 2 rings (SSSR count). The van der Waals surface area contributed by atoms with Gasteiger partial charge in [-0.25, -0.2) is 9.78 Å². The van der Waals surface area contributed by atoms with Crippen LogP contribution in [0.5, 0.6) is 0 Å². The van der Waals surface area contributed by atoms with Crippen LogP contribution >= 0.6 is 0 Å². The molecule has 0 aliphatic rings. The molecule has 0 spiro atoms. The van der Waals surface area contributed by atoms with Crippen molar-refractivity contribution in [3.8, 4) is 11.1 Å². The first-order valence-electron chi connectivity index (χ1n) is 6.22. The van der Waals surface area contributed by atoms with Gasteiger partial charge in [-0.1, -0.05) is 18.2 Å². The Morgan fingerprint density at radius 3 is 2.19 bits per heavy atom. The van der Waals surface area contributed by atoms with Crippen molar-refractivity contribution in [1.82, 2.24) is 4.98 Å². The molecule has 1 aromatic heterocycles. The van der Waals surface area contributed by atoms with Gasteiger partial charge in [0.2, 0.25) is 0 Å². The Balaban J connectivity index is 2.21. The zero-order chi connectivity index (χ0) is 15.5. The first kappa shape index (κ1) is 15.0. The van der Waals surface area contributed by atoms with Crippen LogP contribution in [0, 0.1) is 0 Å². The Bertz CT molecular complexity index is 619. The van der Waals surface area contributed by atoms with Crippen molar-refractivity contribution in [3.05, 3.63) is 53.9 Å². The number of hydrogen-bond acceptors (Lipinski definition) is 3. The zero-order valence-electron chi connectivity index (χ0n) is 11.1. The molecule has 0 atom stereocenters. The monoisotopic (exact) mass is 295 g/mol. The van der Waals surface area contributed by atoms with E-state index in [-0.39, 0.29) is 12.3 Å². The number of nitrogens with zero attached hydrogens (tertiary/aromatic N) is 1. The van der Waals surface area contributed by atoms with E-state index in [1.165, 1.54) is 24.4 Å². The fourth-order valence-electron chi connectivity index (χ4n) is 1.74. The number of alkyl halides is 3. The first-order chi connectivity index (χ1) is 9.91. The van der Waals surface area contributed by atoms with Gasteiger partial charge in [0, 0.05) is 11.8 Å². The van der Waals surface area contributed by atoms with E-state index in [9.17, 15) is 18.0 Å². The number of carbonyl (C=O) groups excluding carboxylic acids is 1. The minimum absolute atomic E-state index is 0.160. The second-order valence-electron chi connectivity index (χ2n) is 4.23. The highest BCUT2D eigenvalue weighted by Crippen LogP contribution is 2.30. The summed E-state index contributed by atoms with van der Waals surface area (Å²) in [6.07, 6.45) is -2.93. The van der Waals surface area contributed by atoms with E-state index in [4.69, 9.17) is 4.74 Å². The van der Waals surface area contributed by atoms with Gasteiger partial charge in [0.1, 0.15) is 5.69 Å². The molecule has 0 amide bonds. The predicted octanol–water partition coefficient (Wildman–Crippen LogP) is 3.94. The number of aromatic nitrogens is 1. The first-order valence-corrected chi connectivity index (χ1v) is 6.22. The lowest BCUT2D eigenvalue weighted by molar-refractivity contribution is -0.137. The minimum Gasteiger partial charge on any atom is -0.461 e. The molecule has 2 aromatic rings. The van der Waals surface area contributed by atoms with E-state index >= 15 is 0 Å². The second-order valence-corrected chi connectivity index (χ2v) is 4.23. The molecule has 110 valence electrons. The smallest absolute Gasteiger partial charge is 0.416 e. The van der Waals surface area contributed by atoms with Crippen LogP contribution in [-0.2, 0) is 10.9 Å². The van der Waals surface area contributed by atoms with Gasteiger partial charge >= 0.3 is 12.1 Å². The normalized spacial score (nSPS) is 11.2. The van der Waals surface area contributed by atoms with Crippen molar-refractivity contribution in [1.29, 1.82) is 0 Å². The minimum atomic E-state index is -4.36. The maximum atomic E-state index is 12.5. The number of rotatable bonds is 3. The molecular formula is C15H12F3NO2. The molecule has 0 aliphatic heterocycles. The number of pyridine rings is 1. The van der Waals surface area contributed by atoms with Crippen molar-refractivity contribution in [3.63, 3.8) is 0 Å². The summed E-state index contributed by atoms with van der Waals surface area (Å²) in [7, 11) is 0. The van der Waals surface area contributed by atoms with E-state index < -0.39 is 17.7 Å². The molecule has 3 nitrogen and oxygen atoms in total. The molecule has 0 aliphatic carbocycles. The Morgan fingerprint density at radius 1 is 1.10 bits per heavy atom. The SMILES string of the molecule is CCOC(=O)c1ccc(-c2ccc(C(F)(F)F)cc2)cn1. The lowest BCUT2D eigenvalue weighted by Crippen LogP contribution is -2.06. The van der Waals surface area contributed by atoms with Gasteiger partial charge in [0.15, 0.2) is 0 Å². The maximum absolute atomic E-state index is 12.5. The quantitative estimate of drug-likeness (QED) is 0.805. The Kier molecular flexibility index (Phi) is 4.26. The molecule has 0 saturated carbocycles. The van der Waals surface area contributed by atoms with Crippen molar-refractivity contribution in [2.75, 3.05) is 6.61 Å². The van der Waals surface area contributed by atoms with Crippen LogP contribution in [0.15, 0.2) is 42.6 Å². The van der Waals surface area contributed by atoms with E-state index in [0.717, 1.165) is 12.1 Å². The third kappa shape index (κ3) is 3.59. The van der Waals surface area contributed by atoms with E-state index in [1.54, 1.807) is 13.0 Å². The van der Waals surface area contributed by atoms with Crippen LogP contribution in [0.1, 0.15) is 23.0 Å². The molecule has 0 N–H and O–H groups in total. The number of halogens is 3. The summed E-state index contributed by atoms with van der Waals surface area (Å²) in [5, 5.41) is 0. The fraction of sp³-hybridized carbons (Fsp3) is 0.200. The zero-order valence-corrected chi connectivity index (χ0v) is 11.1. The van der Waals surface area contributed by atoms with Crippen molar-refractivity contribution < 1.29 is 22.7 Å². The summed E-state index contributed by atoms with van der Waals surface area (Å²) in [6.45, 7) is 1.94. The maximum Gasteiger partial charge on any atom is 0.416 e. The Labute approximate surface area is 119 Å². The number of carbonyl (C=O) groups is 1. The Hall–Kier alpha value is -2.37. The highest BCUT2D eigenvalue weighted by Gasteiger charge is 2.29. The molecule has 0 radical (unpaired) electrons. The fourth-order valence-corrected chi connectivity index (χ4v) is 1.74. The molecule has 1 aromatic carbocycles. The van der Waals surface area contributed by atoms with Crippen LogP contribution in [0.3, 0.4) is 0 Å². The summed E-state index contributed by atoms with van der Waals surface area (Å²) < 4.78 is 42.2. The molecule has 21 heavy (non-hydrogen) atoms. The number of esters is 1. The van der Waals surface area contributed by atoms with Gasteiger partial charge in [0.25, 0.3) is 0 Å². The molecule has 0 saturated heterocycles. The molecule has 1 heterocycles. The average Bonchev–Trinajstić information content (AvgIpc) is 2.47. The third-order valence-corrected chi connectivity index (χ3v) is 2.79. The summed E-state index contributed by atoms with van der Waals surface area (Å²) in [6, 6.07) is 7.84. The topological polar surface area (TPSA) is 39.2 Å². The van der Waals surface area contributed by atoms with Crippen molar-refractivity contribution >= 4 is 5.97 Å². The van der Waals surface area contributed by atoms with Crippen LogP contribution in [0.2, 0.25) is 0 Å². The molecular weight excluding hydrogens is 283 g/mol. The summed E-state index contributed by atoms with van der Waals surface area (Å²) in [4.78, 5) is 15.4. The lowest BCUT2D eigenvalue weighted by atomic mass is 10.1. The van der Waals surface area contributed by atoms with Crippen LogP contribution in [0.25, 0.3) is 11.1 Å². The highest BCUT2D eigenvalue weighted by molar-refractivity contribution is 5.87. The average molecular weight is 295 g/mol. The van der Waals surface area contributed by atoms with Gasteiger partial charge < -0.3 is 4.74 Å². The van der Waals surface area contributed by atoms with Crippen LogP contribution < -0.4 is 0 Å². The number of hydrogen-bond donors (Lipinski definition) is 0. The number of ether oxygens (including phenoxy) is 1. The molecule has 6 heteroatoms. The largest absolute Gasteiger partial charge is 0.461 e. The summed E-state index contributed by atoms with van der Waals surface area (Å²) >= 11 is 0. The van der Waals surface area contributed by atoms with Gasteiger partial charge in [-0.05, 0) is 30.7 Å². The van der Waals surface area contributed by atoms with Crippen molar-refractivity contribution in [2.24, 2.45) is 0 Å². The molecule has 0 unspecified atom stereocenters. The van der Waals surface area contributed by atoms with Crippen LogP contribution in [-0.4, -0.2) is 17.6 Å². The lowest BCUT2D eigenvalue weighted by Gasteiger charge is -2.08. The third-order valence-electron chi connectivity index (χ3n) is 2.79. The van der Waals surface area contributed by atoms with Gasteiger partial charge in [-0.15, -0.1) is 0 Å². The molecule has 0 fully saturated rings. The highest BCUT2D eigenvalue weighted by atomic mass is 19.4. The summed E-state index contributed by atoms with van der Waals surface area (Å²) in [5.74, 6) is -0.531. The van der Waals surface area contributed by atoms with Crippen LogP contribution in [0.4, 0.5) is 13.2 Å². The van der Waals surface area contributed by atoms with E-state index in [0.29, 0.717) is 11.1 Å². The van der Waals surface area contributed by atoms with Gasteiger partial charge in [0.05, 0.1) is 12.2 Å². The second kappa shape index (κ2) is 5.95. The van der Waals surface area contributed by atoms with Crippen molar-refractivity contribution in [2.45, 2.75) is 13.1 Å². The predicted molar refractivity (Wildman–Crippen MR) is 70.6 cm³/mol. The van der Waals surface area contributed by atoms with E-state index in [2.05, 4.69) is 4.98 Å². The molecule has 0 bridgehead atoms. The Morgan fingerprint density at radius 2 is 1.71 bits per heavy atom. The van der Waals surface area contributed by atoms with E-state index in [1.807, 2.05) is 0 Å². The van der Waals surface area contributed by atoms with Gasteiger partial charge in [-0.3, -0.25) is 0 Å². The standard InChI is InChI=1S/C15H12F3NO2/c1-2-21-14(20)13-8-5-11(9-19-13)10-3-6-12(7-4-10)15(16,17)18/h3-9H,2H2,1H3.